The van der Waals surface area contributed by atoms with Gasteiger partial charge in [-0.1, -0.05) is 12.5 Å². The molecule has 2 N–H and O–H groups in total. The highest BCUT2D eigenvalue weighted by Crippen LogP contribution is 2.29. The van der Waals surface area contributed by atoms with Crippen LogP contribution in [0.15, 0.2) is 47.4 Å². The Balaban J connectivity index is 1.78. The number of phenols is 1. The molecule has 0 spiro atoms. The van der Waals surface area contributed by atoms with Gasteiger partial charge >= 0.3 is 5.97 Å². The number of carbonyl (C=O) groups excluding carboxylic acids is 2. The van der Waals surface area contributed by atoms with Crippen LogP contribution < -0.4 is 5.32 Å². The van der Waals surface area contributed by atoms with Gasteiger partial charge < -0.3 is 15.2 Å². The van der Waals surface area contributed by atoms with Crippen molar-refractivity contribution < 1.29 is 27.9 Å². The Labute approximate surface area is 175 Å². The summed E-state index contributed by atoms with van der Waals surface area (Å²) in [4.78, 5) is 24.3. The Morgan fingerprint density at radius 2 is 1.83 bits per heavy atom. The molecule has 1 heterocycles. The highest BCUT2D eigenvalue weighted by atomic mass is 32.2. The summed E-state index contributed by atoms with van der Waals surface area (Å²) < 4.78 is 31.9. The molecule has 2 aromatic rings. The predicted molar refractivity (Wildman–Crippen MR) is 111 cm³/mol. The van der Waals surface area contributed by atoms with Crippen LogP contribution in [0.25, 0.3) is 0 Å². The summed E-state index contributed by atoms with van der Waals surface area (Å²) in [6, 6.07) is 9.88. The number of esters is 1. The minimum atomic E-state index is -3.63. The Bertz CT molecular complexity index is 1050. The molecule has 3 rings (SSSR count). The number of nitrogens with one attached hydrogen (secondary N) is 1. The molecule has 2 aromatic carbocycles. The van der Waals surface area contributed by atoms with Crippen molar-refractivity contribution in [2.24, 2.45) is 0 Å². The molecule has 1 saturated heterocycles. The fraction of sp³-hybridized carbons (Fsp3) is 0.333. The van der Waals surface area contributed by atoms with Gasteiger partial charge in [0.05, 0.1) is 17.7 Å². The van der Waals surface area contributed by atoms with Crippen LogP contribution in [0.1, 0.15) is 46.9 Å². The Hall–Kier alpha value is -2.91. The average molecular weight is 432 g/mol. The van der Waals surface area contributed by atoms with Crippen LogP contribution in [-0.4, -0.2) is 49.4 Å². The number of methoxy groups -OCH3 is 1. The number of phenolic OH excluding ortho intramolecular Hbond substituents is 1. The largest absolute Gasteiger partial charge is 0.505 e. The first-order chi connectivity index (χ1) is 14.3. The number of carbonyl (C=O) groups is 2. The number of anilines is 1. The van der Waals surface area contributed by atoms with Gasteiger partial charge in [-0.05, 0) is 56.2 Å². The third kappa shape index (κ3) is 4.31. The first-order valence-corrected chi connectivity index (χ1v) is 11.0. The van der Waals surface area contributed by atoms with Crippen LogP contribution in [0.5, 0.6) is 5.75 Å². The van der Waals surface area contributed by atoms with E-state index < -0.39 is 27.6 Å². The van der Waals surface area contributed by atoms with Gasteiger partial charge in [-0.25, -0.2) is 13.2 Å². The first-order valence-electron chi connectivity index (χ1n) is 9.59. The van der Waals surface area contributed by atoms with Crippen LogP contribution >= 0.6 is 0 Å². The van der Waals surface area contributed by atoms with Crippen LogP contribution in [0.2, 0.25) is 0 Å². The standard InChI is InChI=1S/C21H24N2O6S/c1-14-6-3-4-13-23(14)30(27,28)16-11-9-15(10-12-16)20(25)22-18-8-5-7-17(19(18)24)21(26)29-2/h5,7-12,14,24H,3-4,6,13H2,1-2H3,(H,22,25). The molecule has 0 aromatic heterocycles. The topological polar surface area (TPSA) is 113 Å². The highest BCUT2D eigenvalue weighted by Gasteiger charge is 2.31. The van der Waals surface area contributed by atoms with Crippen molar-refractivity contribution in [1.29, 1.82) is 0 Å². The molecule has 30 heavy (non-hydrogen) atoms. The van der Waals surface area contributed by atoms with Crippen molar-refractivity contribution in [2.45, 2.75) is 37.1 Å². The fourth-order valence-electron chi connectivity index (χ4n) is 3.46. The van der Waals surface area contributed by atoms with Gasteiger partial charge in [0.25, 0.3) is 5.91 Å². The molecule has 0 radical (unpaired) electrons. The number of benzene rings is 2. The summed E-state index contributed by atoms with van der Waals surface area (Å²) in [5, 5.41) is 12.7. The molecule has 1 aliphatic heterocycles. The molecule has 1 amide bonds. The quantitative estimate of drug-likeness (QED) is 0.555. The molecule has 0 bridgehead atoms. The summed E-state index contributed by atoms with van der Waals surface area (Å²) in [6.07, 6.45) is 2.67. The summed E-state index contributed by atoms with van der Waals surface area (Å²) >= 11 is 0. The molecule has 1 fully saturated rings. The van der Waals surface area contributed by atoms with Gasteiger partial charge in [-0.2, -0.15) is 4.31 Å². The molecule has 8 nitrogen and oxygen atoms in total. The van der Waals surface area contributed by atoms with Gasteiger partial charge in [0.1, 0.15) is 5.56 Å². The molecule has 1 aliphatic rings. The Kier molecular flexibility index (Phi) is 6.42. The lowest BCUT2D eigenvalue weighted by atomic mass is 10.1. The third-order valence-corrected chi connectivity index (χ3v) is 7.18. The second-order valence-electron chi connectivity index (χ2n) is 7.13. The van der Waals surface area contributed by atoms with E-state index in [1.807, 2.05) is 6.92 Å². The van der Waals surface area contributed by atoms with Gasteiger partial charge in [-0.15, -0.1) is 0 Å². The number of hydrogen-bond acceptors (Lipinski definition) is 6. The van der Waals surface area contributed by atoms with Crippen LogP contribution in [0.3, 0.4) is 0 Å². The van der Waals surface area contributed by atoms with E-state index in [0.29, 0.717) is 6.54 Å². The number of para-hydroxylation sites is 1. The number of ether oxygens (including phenoxy) is 1. The molecular weight excluding hydrogens is 408 g/mol. The van der Waals surface area contributed by atoms with Crippen molar-refractivity contribution in [3.05, 3.63) is 53.6 Å². The zero-order chi connectivity index (χ0) is 21.9. The number of aromatic hydroxyl groups is 1. The SMILES string of the molecule is COC(=O)c1cccc(NC(=O)c2ccc(S(=O)(=O)N3CCCCC3C)cc2)c1O. The highest BCUT2D eigenvalue weighted by molar-refractivity contribution is 7.89. The van der Waals surface area contributed by atoms with Crippen LogP contribution in [-0.2, 0) is 14.8 Å². The van der Waals surface area contributed by atoms with Gasteiger partial charge in [-0.3, -0.25) is 4.79 Å². The van der Waals surface area contributed by atoms with Crippen molar-refractivity contribution in [1.82, 2.24) is 4.31 Å². The van der Waals surface area contributed by atoms with Crippen molar-refractivity contribution in [3.8, 4) is 5.75 Å². The van der Waals surface area contributed by atoms with Crippen LogP contribution in [0.4, 0.5) is 5.69 Å². The Morgan fingerprint density at radius 3 is 2.47 bits per heavy atom. The molecule has 9 heteroatoms. The lowest BCUT2D eigenvalue weighted by Gasteiger charge is -2.32. The second kappa shape index (κ2) is 8.85. The summed E-state index contributed by atoms with van der Waals surface area (Å²) in [6.45, 7) is 2.38. The van der Waals surface area contributed by atoms with E-state index in [-0.39, 0.29) is 27.8 Å². The number of piperidine rings is 1. The second-order valence-corrected chi connectivity index (χ2v) is 9.02. The van der Waals surface area contributed by atoms with E-state index in [9.17, 15) is 23.1 Å². The zero-order valence-electron chi connectivity index (χ0n) is 16.8. The fourth-order valence-corrected chi connectivity index (χ4v) is 5.16. The maximum Gasteiger partial charge on any atom is 0.341 e. The average Bonchev–Trinajstić information content (AvgIpc) is 2.75. The van der Waals surface area contributed by atoms with E-state index in [2.05, 4.69) is 10.1 Å². The van der Waals surface area contributed by atoms with Crippen molar-refractivity contribution in [3.63, 3.8) is 0 Å². The number of rotatable bonds is 5. The summed E-state index contributed by atoms with van der Waals surface area (Å²) in [5.41, 5.74) is 0.178. The maximum atomic E-state index is 12.9. The number of nitrogens with zero attached hydrogens (tertiary/aromatic N) is 1. The molecule has 160 valence electrons. The number of sulfonamides is 1. The maximum absolute atomic E-state index is 12.9. The molecule has 0 aliphatic carbocycles. The van der Waals surface area contributed by atoms with Gasteiger partial charge in [0.15, 0.2) is 5.75 Å². The smallest absolute Gasteiger partial charge is 0.341 e. The van der Waals surface area contributed by atoms with E-state index in [0.717, 1.165) is 19.3 Å². The third-order valence-electron chi connectivity index (χ3n) is 5.15. The van der Waals surface area contributed by atoms with E-state index in [4.69, 9.17) is 0 Å². The summed E-state index contributed by atoms with van der Waals surface area (Å²) in [5.74, 6) is -1.69. The number of hydrogen-bond donors (Lipinski definition) is 2. The van der Waals surface area contributed by atoms with Crippen molar-refractivity contribution in [2.75, 3.05) is 19.0 Å². The lowest BCUT2D eigenvalue weighted by Crippen LogP contribution is -2.41. The van der Waals surface area contributed by atoms with E-state index in [1.165, 1.54) is 53.9 Å². The van der Waals surface area contributed by atoms with Gasteiger partial charge in [0, 0.05) is 18.2 Å². The molecular formula is C21H24N2O6S. The molecule has 1 unspecified atom stereocenters. The minimum absolute atomic E-state index is 0.0433. The zero-order valence-corrected chi connectivity index (χ0v) is 17.6. The molecule has 0 saturated carbocycles. The lowest BCUT2D eigenvalue weighted by molar-refractivity contribution is 0.0597. The van der Waals surface area contributed by atoms with E-state index in [1.54, 1.807) is 0 Å². The van der Waals surface area contributed by atoms with Crippen LogP contribution in [0, 0.1) is 0 Å². The minimum Gasteiger partial charge on any atom is -0.505 e. The number of amides is 1. The normalized spacial score (nSPS) is 17.3. The van der Waals surface area contributed by atoms with Gasteiger partial charge in [0.2, 0.25) is 10.0 Å². The first kappa shape index (κ1) is 21.8. The predicted octanol–water partition coefficient (Wildman–Crippen LogP) is 2.99. The monoisotopic (exact) mass is 432 g/mol. The van der Waals surface area contributed by atoms with Crippen molar-refractivity contribution >= 4 is 27.6 Å². The summed E-state index contributed by atoms with van der Waals surface area (Å²) in [7, 11) is -2.44. The molecule has 1 atom stereocenters. The van der Waals surface area contributed by atoms with E-state index >= 15 is 0 Å². The Morgan fingerprint density at radius 1 is 1.13 bits per heavy atom.